The van der Waals surface area contributed by atoms with E-state index in [2.05, 4.69) is 5.10 Å². The van der Waals surface area contributed by atoms with E-state index in [1.807, 2.05) is 5.43 Å². The molecule has 0 aromatic carbocycles. The Morgan fingerprint density at radius 3 is 3.10 bits per heavy atom. The number of aromatic nitrogens is 3. The number of carbonyl (C=O) groups is 1. The molecule has 1 aliphatic heterocycles. The number of nitrogens with zero attached hydrogens (tertiary/aromatic N) is 3. The van der Waals surface area contributed by atoms with Crippen LogP contribution in [0.3, 0.4) is 0 Å². The topological polar surface area (TPSA) is 108 Å². The standard InChI is InChI=1S/C13H17N5O3/c14-15-12(19)11-9(5-7-21-11)8-18-13(20)17-6-3-1-2-4-10(17)16-18/h5,7H,1-4,6,8,14H2,(H,15,19). The van der Waals surface area contributed by atoms with Crippen LogP contribution >= 0.6 is 0 Å². The van der Waals surface area contributed by atoms with Crippen molar-refractivity contribution in [2.24, 2.45) is 5.84 Å². The minimum atomic E-state index is -0.524. The molecule has 2 aromatic heterocycles. The Balaban J connectivity index is 1.91. The SMILES string of the molecule is NNC(=O)c1occc1Cn1nc2n(c1=O)CCCCC2. The molecule has 2 aromatic rings. The fourth-order valence-electron chi connectivity index (χ4n) is 2.61. The summed E-state index contributed by atoms with van der Waals surface area (Å²) in [5, 5.41) is 4.37. The summed E-state index contributed by atoms with van der Waals surface area (Å²) in [5.41, 5.74) is 2.45. The molecule has 0 radical (unpaired) electrons. The van der Waals surface area contributed by atoms with Gasteiger partial charge in [-0.2, -0.15) is 5.10 Å². The lowest BCUT2D eigenvalue weighted by Gasteiger charge is -2.01. The first-order chi connectivity index (χ1) is 10.2. The highest BCUT2D eigenvalue weighted by Gasteiger charge is 2.19. The highest BCUT2D eigenvalue weighted by molar-refractivity contribution is 5.92. The van der Waals surface area contributed by atoms with E-state index in [0.717, 1.165) is 31.5 Å². The lowest BCUT2D eigenvalue weighted by atomic mass is 10.2. The smallest absolute Gasteiger partial charge is 0.346 e. The van der Waals surface area contributed by atoms with Gasteiger partial charge in [-0.15, -0.1) is 0 Å². The third-order valence-electron chi connectivity index (χ3n) is 3.69. The first-order valence-electron chi connectivity index (χ1n) is 6.94. The van der Waals surface area contributed by atoms with Crippen molar-refractivity contribution in [3.8, 4) is 0 Å². The molecule has 3 heterocycles. The van der Waals surface area contributed by atoms with Crippen molar-refractivity contribution < 1.29 is 9.21 Å². The number of hydrogen-bond acceptors (Lipinski definition) is 5. The van der Waals surface area contributed by atoms with Gasteiger partial charge in [0.1, 0.15) is 5.82 Å². The van der Waals surface area contributed by atoms with Crippen LogP contribution in [0.15, 0.2) is 21.5 Å². The summed E-state index contributed by atoms with van der Waals surface area (Å²) in [4.78, 5) is 23.9. The minimum Gasteiger partial charge on any atom is -0.459 e. The molecule has 0 fully saturated rings. The molecule has 3 N–H and O–H groups in total. The van der Waals surface area contributed by atoms with E-state index in [1.54, 1.807) is 10.6 Å². The second-order valence-corrected chi connectivity index (χ2v) is 5.07. The van der Waals surface area contributed by atoms with Crippen molar-refractivity contribution in [2.75, 3.05) is 0 Å². The summed E-state index contributed by atoms with van der Waals surface area (Å²) < 4.78 is 8.20. The van der Waals surface area contributed by atoms with Gasteiger partial charge in [0.05, 0.1) is 12.8 Å². The van der Waals surface area contributed by atoms with Gasteiger partial charge < -0.3 is 4.42 Å². The van der Waals surface area contributed by atoms with Gasteiger partial charge in [0.15, 0.2) is 5.76 Å². The monoisotopic (exact) mass is 291 g/mol. The molecule has 112 valence electrons. The molecule has 0 spiro atoms. The summed E-state index contributed by atoms with van der Waals surface area (Å²) >= 11 is 0. The van der Waals surface area contributed by atoms with Crippen molar-refractivity contribution in [1.82, 2.24) is 19.8 Å². The van der Waals surface area contributed by atoms with Gasteiger partial charge in [-0.05, 0) is 18.9 Å². The van der Waals surface area contributed by atoms with Crippen LogP contribution in [0.25, 0.3) is 0 Å². The molecular formula is C13H17N5O3. The molecular weight excluding hydrogens is 274 g/mol. The fraction of sp³-hybridized carbons (Fsp3) is 0.462. The van der Waals surface area contributed by atoms with Crippen LogP contribution in [0, 0.1) is 0 Å². The maximum Gasteiger partial charge on any atom is 0.346 e. The summed E-state index contributed by atoms with van der Waals surface area (Å²) in [6.45, 7) is 0.897. The van der Waals surface area contributed by atoms with E-state index in [9.17, 15) is 9.59 Å². The van der Waals surface area contributed by atoms with E-state index in [-0.39, 0.29) is 18.0 Å². The minimum absolute atomic E-state index is 0.104. The Kier molecular flexibility index (Phi) is 3.61. The Labute approximate surface area is 120 Å². The van der Waals surface area contributed by atoms with Crippen LogP contribution in [0.1, 0.15) is 41.2 Å². The predicted octanol–water partition coefficient (Wildman–Crippen LogP) is 0.0160. The summed E-state index contributed by atoms with van der Waals surface area (Å²) in [5.74, 6) is 5.50. The first-order valence-corrected chi connectivity index (χ1v) is 6.94. The lowest BCUT2D eigenvalue weighted by molar-refractivity contribution is 0.0924. The van der Waals surface area contributed by atoms with Gasteiger partial charge in [-0.1, -0.05) is 6.42 Å². The van der Waals surface area contributed by atoms with Crippen LogP contribution in [0.4, 0.5) is 0 Å². The Bertz CT molecular complexity index is 712. The second-order valence-electron chi connectivity index (χ2n) is 5.07. The van der Waals surface area contributed by atoms with Crippen LogP contribution in [0.5, 0.6) is 0 Å². The largest absolute Gasteiger partial charge is 0.459 e. The number of hydrogen-bond donors (Lipinski definition) is 2. The van der Waals surface area contributed by atoms with E-state index >= 15 is 0 Å². The molecule has 1 aliphatic rings. The average Bonchev–Trinajstić information content (AvgIpc) is 2.97. The molecule has 0 aliphatic carbocycles. The van der Waals surface area contributed by atoms with Gasteiger partial charge in [0, 0.05) is 18.5 Å². The van der Waals surface area contributed by atoms with Gasteiger partial charge in [0.2, 0.25) is 0 Å². The highest BCUT2D eigenvalue weighted by Crippen LogP contribution is 2.13. The molecule has 0 saturated carbocycles. The zero-order chi connectivity index (χ0) is 14.8. The zero-order valence-corrected chi connectivity index (χ0v) is 11.5. The van der Waals surface area contributed by atoms with Gasteiger partial charge >= 0.3 is 11.6 Å². The number of aryl methyl sites for hydroxylation is 1. The molecule has 0 atom stereocenters. The van der Waals surface area contributed by atoms with Crippen LogP contribution in [0.2, 0.25) is 0 Å². The summed E-state index contributed by atoms with van der Waals surface area (Å²) in [6, 6.07) is 1.64. The van der Waals surface area contributed by atoms with E-state index in [1.165, 1.54) is 10.9 Å². The zero-order valence-electron chi connectivity index (χ0n) is 11.5. The molecule has 0 saturated heterocycles. The third-order valence-corrected chi connectivity index (χ3v) is 3.69. The fourth-order valence-corrected chi connectivity index (χ4v) is 2.61. The third kappa shape index (κ3) is 2.49. The predicted molar refractivity (Wildman–Crippen MR) is 73.5 cm³/mol. The lowest BCUT2D eigenvalue weighted by Crippen LogP contribution is -2.31. The Morgan fingerprint density at radius 1 is 1.43 bits per heavy atom. The molecule has 3 rings (SSSR count). The number of furan rings is 1. The van der Waals surface area contributed by atoms with Gasteiger partial charge in [0.25, 0.3) is 0 Å². The van der Waals surface area contributed by atoms with Crippen molar-refractivity contribution in [2.45, 2.75) is 38.8 Å². The number of rotatable bonds is 3. The normalized spacial score (nSPS) is 14.5. The number of nitrogens with two attached hydrogens (primary N) is 1. The summed E-state index contributed by atoms with van der Waals surface area (Å²) in [7, 11) is 0. The molecule has 21 heavy (non-hydrogen) atoms. The number of carbonyl (C=O) groups excluding carboxylic acids is 1. The second kappa shape index (κ2) is 5.57. The van der Waals surface area contributed by atoms with Crippen molar-refractivity contribution >= 4 is 5.91 Å². The number of nitrogen functional groups attached to an aromatic ring is 1. The van der Waals surface area contributed by atoms with Gasteiger partial charge in [-0.3, -0.25) is 14.8 Å². The van der Waals surface area contributed by atoms with Crippen molar-refractivity contribution in [3.05, 3.63) is 40.0 Å². The molecule has 1 amide bonds. The Hall–Kier alpha value is -2.35. The summed E-state index contributed by atoms with van der Waals surface area (Å²) in [6.07, 6.45) is 5.36. The number of nitrogens with one attached hydrogen (secondary N) is 1. The molecule has 0 bridgehead atoms. The van der Waals surface area contributed by atoms with E-state index < -0.39 is 5.91 Å². The maximum atomic E-state index is 12.4. The van der Waals surface area contributed by atoms with E-state index in [0.29, 0.717) is 12.1 Å². The average molecular weight is 291 g/mol. The molecule has 8 heteroatoms. The first kappa shape index (κ1) is 13.6. The van der Waals surface area contributed by atoms with Gasteiger partial charge in [-0.25, -0.2) is 15.3 Å². The molecule has 8 nitrogen and oxygen atoms in total. The maximum absolute atomic E-state index is 12.4. The van der Waals surface area contributed by atoms with Crippen LogP contribution < -0.4 is 17.0 Å². The number of fused-ring (bicyclic) bond motifs is 1. The van der Waals surface area contributed by atoms with Crippen molar-refractivity contribution in [1.29, 1.82) is 0 Å². The highest BCUT2D eigenvalue weighted by atomic mass is 16.3. The van der Waals surface area contributed by atoms with E-state index in [4.69, 9.17) is 10.3 Å². The quantitative estimate of drug-likeness (QED) is 0.470. The van der Waals surface area contributed by atoms with Crippen LogP contribution in [-0.4, -0.2) is 20.3 Å². The Morgan fingerprint density at radius 2 is 2.29 bits per heavy atom. The van der Waals surface area contributed by atoms with Crippen molar-refractivity contribution in [3.63, 3.8) is 0 Å². The molecule has 0 unspecified atom stereocenters. The number of amides is 1. The number of hydrazine groups is 1. The van der Waals surface area contributed by atoms with Crippen LogP contribution in [-0.2, 0) is 19.5 Å².